The Morgan fingerprint density at radius 3 is 0.0909 bits per heavy atom. The summed E-state index contributed by atoms with van der Waals surface area (Å²) in [6.07, 6.45) is 0. The van der Waals surface area contributed by atoms with E-state index in [-0.39, 0.29) is 185 Å². The molecule has 0 aliphatic heterocycles. The fourth-order valence-electron chi connectivity index (χ4n) is 0. The number of hydrogen-bond donors (Lipinski definition) is 0. The van der Waals surface area contributed by atoms with Crippen LogP contribution >= 0.6 is 0 Å². The molecule has 0 N–H and O–H groups in total. The van der Waals surface area contributed by atoms with Gasteiger partial charge in [-0.1, -0.05) is 0 Å². The Labute approximate surface area is 181 Å². The first-order valence-electron chi connectivity index (χ1n) is 0. The van der Waals surface area contributed by atoms with Gasteiger partial charge in [-0.25, -0.2) is 0 Å². The van der Waals surface area contributed by atoms with E-state index in [0.717, 1.165) is 0 Å². The van der Waals surface area contributed by atoms with Crippen LogP contribution in [0.25, 0.3) is 0 Å². The van der Waals surface area contributed by atoms with Crippen molar-refractivity contribution in [2.75, 3.05) is 0 Å². The van der Waals surface area contributed by atoms with Gasteiger partial charge in [-0.15, -0.1) is 0 Å². The quantitative estimate of drug-likeness (QED) is 0.347. The van der Waals surface area contributed by atoms with Crippen LogP contribution in [0.1, 0.15) is 0 Å². The van der Waals surface area contributed by atoms with E-state index in [1.165, 1.54) is 0 Å². The monoisotopic (exact) mass is 648 g/mol. The molecular formula is Co11. The van der Waals surface area contributed by atoms with Crippen molar-refractivity contribution in [3.05, 3.63) is 0 Å². The normalized spacial score (nSPS) is 0. The standard InChI is InChI=1S/11Co. The minimum absolute atomic E-state index is 0. The first kappa shape index (κ1) is 129. The zero-order valence-electron chi connectivity index (χ0n) is 3.67. The third kappa shape index (κ3) is 92.4. The van der Waals surface area contributed by atoms with Crippen molar-refractivity contribution in [3.63, 3.8) is 0 Å². The van der Waals surface area contributed by atoms with Crippen LogP contribution < -0.4 is 0 Å². The summed E-state index contributed by atoms with van der Waals surface area (Å²) < 4.78 is 0. The Kier molecular flexibility index (Phi) is 1250. The fraction of sp³-hybridized carbons (Fsp3) is 0. The van der Waals surface area contributed by atoms with Crippen LogP contribution in [0.3, 0.4) is 0 Å². The van der Waals surface area contributed by atoms with Crippen LogP contribution in [0.15, 0.2) is 0 Å². The van der Waals surface area contributed by atoms with E-state index in [2.05, 4.69) is 0 Å². The molecule has 11 heteroatoms. The van der Waals surface area contributed by atoms with Crippen molar-refractivity contribution < 1.29 is 185 Å². The van der Waals surface area contributed by atoms with Crippen molar-refractivity contribution in [2.24, 2.45) is 0 Å². The molecule has 0 amide bonds. The molecule has 0 aromatic carbocycles. The van der Waals surface area contributed by atoms with Crippen molar-refractivity contribution in [1.29, 1.82) is 0 Å². The molecule has 99 valence electrons. The van der Waals surface area contributed by atoms with Gasteiger partial charge >= 0.3 is 0 Å². The van der Waals surface area contributed by atoms with E-state index in [1.54, 1.807) is 0 Å². The van der Waals surface area contributed by atoms with E-state index in [1.807, 2.05) is 0 Å². The van der Waals surface area contributed by atoms with Gasteiger partial charge in [0.15, 0.2) is 0 Å². The van der Waals surface area contributed by atoms with E-state index >= 15 is 0 Å². The zero-order chi connectivity index (χ0) is 0. The van der Waals surface area contributed by atoms with E-state index < -0.39 is 0 Å². The number of rotatable bonds is 0. The van der Waals surface area contributed by atoms with Crippen LogP contribution in [0.4, 0.5) is 0 Å². The van der Waals surface area contributed by atoms with Gasteiger partial charge in [-0.05, 0) is 0 Å². The third-order valence-corrected chi connectivity index (χ3v) is 0. The molecule has 0 nitrogen and oxygen atoms in total. The Morgan fingerprint density at radius 2 is 0.0909 bits per heavy atom. The second kappa shape index (κ2) is 107. The minimum Gasteiger partial charge on any atom is 0 e. The van der Waals surface area contributed by atoms with Gasteiger partial charge in [-0.2, -0.15) is 0 Å². The molecular weight excluding hydrogens is 648 g/mol. The summed E-state index contributed by atoms with van der Waals surface area (Å²) in [5, 5.41) is 0. The Balaban J connectivity index is 0. The third-order valence-electron chi connectivity index (χ3n) is 0. The molecule has 0 fully saturated rings. The summed E-state index contributed by atoms with van der Waals surface area (Å²) in [6, 6.07) is 0. The molecule has 0 bridgehead atoms. The summed E-state index contributed by atoms with van der Waals surface area (Å²) in [4.78, 5) is 0. The SMILES string of the molecule is [Co].[Co].[Co].[Co].[Co].[Co].[Co].[Co].[Co].[Co].[Co]. The second-order valence-corrected chi connectivity index (χ2v) is 0. The molecule has 0 aromatic heterocycles. The molecule has 11 radical (unpaired) electrons. The van der Waals surface area contributed by atoms with Crippen LogP contribution in [0.5, 0.6) is 0 Å². The number of hydrogen-bond acceptors (Lipinski definition) is 0. The predicted molar refractivity (Wildman–Crippen MR) is 0 cm³/mol. The van der Waals surface area contributed by atoms with Gasteiger partial charge in [0.25, 0.3) is 0 Å². The maximum atomic E-state index is 0. The zero-order valence-corrected chi connectivity index (χ0v) is 15.1. The van der Waals surface area contributed by atoms with Gasteiger partial charge in [0.1, 0.15) is 0 Å². The minimum atomic E-state index is 0. The molecule has 11 heavy (non-hydrogen) atoms. The summed E-state index contributed by atoms with van der Waals surface area (Å²) in [5.74, 6) is 0. The first-order chi connectivity index (χ1) is 0. The van der Waals surface area contributed by atoms with Crippen LogP contribution in [-0.4, -0.2) is 0 Å². The maximum absolute atomic E-state index is 0. The largest absolute Gasteiger partial charge is 0 e. The van der Waals surface area contributed by atoms with Gasteiger partial charge in [0.2, 0.25) is 0 Å². The fourth-order valence-corrected chi connectivity index (χ4v) is 0. The first-order valence-corrected chi connectivity index (χ1v) is 0. The van der Waals surface area contributed by atoms with Crippen molar-refractivity contribution in [1.82, 2.24) is 0 Å². The smallest absolute Gasteiger partial charge is 0 e. The molecule has 0 heterocycles. The Bertz CT molecular complexity index is 0. The van der Waals surface area contributed by atoms with Gasteiger partial charge in [0, 0.05) is 185 Å². The van der Waals surface area contributed by atoms with E-state index in [0.29, 0.717) is 0 Å². The molecule has 0 aromatic rings. The molecule has 0 atom stereocenters. The summed E-state index contributed by atoms with van der Waals surface area (Å²) in [5.41, 5.74) is 0. The summed E-state index contributed by atoms with van der Waals surface area (Å²) in [6.45, 7) is 0. The summed E-state index contributed by atoms with van der Waals surface area (Å²) in [7, 11) is 0. The topological polar surface area (TPSA) is 0 Å². The predicted octanol–water partition coefficient (Wildman–Crippen LogP) is -0.0275. The summed E-state index contributed by atoms with van der Waals surface area (Å²) >= 11 is 0. The molecule has 0 saturated carbocycles. The van der Waals surface area contributed by atoms with Gasteiger partial charge in [-0.3, -0.25) is 0 Å². The molecule has 0 aliphatic carbocycles. The van der Waals surface area contributed by atoms with Crippen LogP contribution in [0, 0.1) is 0 Å². The maximum Gasteiger partial charge on any atom is 0 e. The second-order valence-electron chi connectivity index (χ2n) is 0. The average Bonchev–Trinajstić information content (AvgIpc) is 0. The van der Waals surface area contributed by atoms with E-state index in [4.69, 9.17) is 0 Å². The Morgan fingerprint density at radius 1 is 0.0909 bits per heavy atom. The van der Waals surface area contributed by atoms with Crippen LogP contribution in [0.2, 0.25) is 0 Å². The van der Waals surface area contributed by atoms with Gasteiger partial charge < -0.3 is 0 Å². The van der Waals surface area contributed by atoms with Crippen molar-refractivity contribution in [3.8, 4) is 0 Å². The molecule has 0 rings (SSSR count). The van der Waals surface area contributed by atoms with Crippen molar-refractivity contribution in [2.45, 2.75) is 0 Å². The van der Waals surface area contributed by atoms with Gasteiger partial charge in [0.05, 0.1) is 0 Å². The Hall–Kier alpha value is 5.57. The molecule has 0 aliphatic rings. The average molecular weight is 648 g/mol. The van der Waals surface area contributed by atoms with E-state index in [9.17, 15) is 0 Å². The van der Waals surface area contributed by atoms with Crippen LogP contribution in [-0.2, 0) is 185 Å². The molecule has 0 saturated heterocycles. The van der Waals surface area contributed by atoms with Crippen molar-refractivity contribution >= 4 is 0 Å². The molecule has 0 spiro atoms. The molecule has 0 unspecified atom stereocenters.